The van der Waals surface area contributed by atoms with Gasteiger partial charge in [-0.1, -0.05) is 6.07 Å². The van der Waals surface area contributed by atoms with Crippen molar-refractivity contribution in [3.05, 3.63) is 46.9 Å². The van der Waals surface area contributed by atoms with Crippen molar-refractivity contribution in [3.8, 4) is 5.75 Å². The van der Waals surface area contributed by atoms with Gasteiger partial charge in [-0.05, 0) is 37.6 Å². The van der Waals surface area contributed by atoms with Crippen LogP contribution in [0.4, 0.5) is 5.69 Å². The first-order chi connectivity index (χ1) is 10.0. The lowest BCUT2D eigenvalue weighted by Crippen LogP contribution is -2.02. The van der Waals surface area contributed by atoms with Gasteiger partial charge in [0, 0.05) is 0 Å². The molecule has 0 aliphatic heterocycles. The molecule has 2 rings (SSSR count). The second-order valence-electron chi connectivity index (χ2n) is 4.73. The third kappa shape index (κ3) is 3.37. The zero-order chi connectivity index (χ0) is 15.4. The molecule has 0 radical (unpaired) electrons. The Kier molecular flexibility index (Phi) is 4.52. The van der Waals surface area contributed by atoms with E-state index in [2.05, 4.69) is 5.32 Å². The Balaban J connectivity index is 2.13. The fraction of sp³-hybridized carbons (Fsp3) is 0.312. The zero-order valence-electron chi connectivity index (χ0n) is 12.6. The number of esters is 1. The number of hydrogen-bond donors (Lipinski definition) is 1. The molecule has 0 atom stereocenters. The van der Waals surface area contributed by atoms with Gasteiger partial charge >= 0.3 is 5.97 Å². The largest absolute Gasteiger partial charge is 0.495 e. The van der Waals surface area contributed by atoms with Gasteiger partial charge in [-0.25, -0.2) is 4.79 Å². The average molecular weight is 289 g/mol. The highest BCUT2D eigenvalue weighted by Crippen LogP contribution is 2.26. The summed E-state index contributed by atoms with van der Waals surface area (Å²) in [7, 11) is 2.98. The summed E-state index contributed by atoms with van der Waals surface area (Å²) in [5.74, 6) is 1.58. The molecule has 1 aromatic heterocycles. The second-order valence-corrected chi connectivity index (χ2v) is 4.73. The van der Waals surface area contributed by atoms with E-state index in [-0.39, 0.29) is 0 Å². The van der Waals surface area contributed by atoms with Gasteiger partial charge in [0.15, 0.2) is 0 Å². The predicted octanol–water partition coefficient (Wildman–Crippen LogP) is 3.30. The van der Waals surface area contributed by atoms with Crippen LogP contribution in [-0.4, -0.2) is 20.2 Å². The number of carbonyl (C=O) groups is 1. The fourth-order valence-corrected chi connectivity index (χ4v) is 2.09. The van der Waals surface area contributed by atoms with E-state index in [0.29, 0.717) is 23.6 Å². The van der Waals surface area contributed by atoms with Gasteiger partial charge in [-0.2, -0.15) is 0 Å². The number of furan rings is 1. The van der Waals surface area contributed by atoms with Gasteiger partial charge in [0.2, 0.25) is 0 Å². The maximum Gasteiger partial charge on any atom is 0.341 e. The first-order valence-corrected chi connectivity index (χ1v) is 6.61. The summed E-state index contributed by atoms with van der Waals surface area (Å²) in [6, 6.07) is 7.58. The Labute approximate surface area is 123 Å². The lowest BCUT2D eigenvalue weighted by Gasteiger charge is -2.10. The lowest BCUT2D eigenvalue weighted by molar-refractivity contribution is 0.0599. The Morgan fingerprint density at radius 2 is 2.00 bits per heavy atom. The summed E-state index contributed by atoms with van der Waals surface area (Å²) in [4.78, 5) is 11.5. The zero-order valence-corrected chi connectivity index (χ0v) is 12.6. The third-order valence-corrected chi connectivity index (χ3v) is 3.18. The monoisotopic (exact) mass is 289 g/mol. The van der Waals surface area contributed by atoms with Gasteiger partial charge in [-0.15, -0.1) is 0 Å². The van der Waals surface area contributed by atoms with Gasteiger partial charge in [0.25, 0.3) is 0 Å². The number of aryl methyl sites for hydroxylation is 2. The average Bonchev–Trinajstić information content (AvgIpc) is 2.85. The number of anilines is 1. The molecule has 0 aliphatic rings. The molecule has 2 aromatic rings. The van der Waals surface area contributed by atoms with Crippen LogP contribution in [0.5, 0.6) is 5.75 Å². The Morgan fingerprint density at radius 1 is 1.24 bits per heavy atom. The molecule has 0 bridgehead atoms. The molecule has 0 amide bonds. The SMILES string of the molecule is COC(=O)c1cc(CNc2cc(C)ccc2OC)oc1C. The van der Waals surface area contributed by atoms with Crippen LogP contribution in [0, 0.1) is 13.8 Å². The number of nitrogens with one attached hydrogen (secondary N) is 1. The molecule has 1 aromatic carbocycles. The Bertz CT molecular complexity index is 646. The molecule has 1 heterocycles. The Morgan fingerprint density at radius 3 is 2.67 bits per heavy atom. The number of hydrogen-bond acceptors (Lipinski definition) is 5. The highest BCUT2D eigenvalue weighted by Gasteiger charge is 2.15. The van der Waals surface area contributed by atoms with Crippen molar-refractivity contribution in [3.63, 3.8) is 0 Å². The second kappa shape index (κ2) is 6.35. The van der Waals surface area contributed by atoms with Crippen molar-refractivity contribution < 1.29 is 18.7 Å². The van der Waals surface area contributed by atoms with Crippen LogP contribution < -0.4 is 10.1 Å². The Hall–Kier alpha value is -2.43. The van der Waals surface area contributed by atoms with Gasteiger partial charge in [-0.3, -0.25) is 0 Å². The van der Waals surface area contributed by atoms with E-state index in [9.17, 15) is 4.79 Å². The molecule has 21 heavy (non-hydrogen) atoms. The van der Waals surface area contributed by atoms with Crippen LogP contribution in [0.1, 0.15) is 27.4 Å². The van der Waals surface area contributed by atoms with Gasteiger partial charge < -0.3 is 19.2 Å². The first kappa shape index (κ1) is 15.0. The maximum atomic E-state index is 11.5. The van der Waals surface area contributed by atoms with Crippen molar-refractivity contribution in [2.45, 2.75) is 20.4 Å². The van der Waals surface area contributed by atoms with Crippen LogP contribution in [0.15, 0.2) is 28.7 Å². The van der Waals surface area contributed by atoms with Crippen LogP contribution in [-0.2, 0) is 11.3 Å². The molecule has 5 nitrogen and oxygen atoms in total. The highest BCUT2D eigenvalue weighted by molar-refractivity contribution is 5.90. The number of benzene rings is 1. The van der Waals surface area contributed by atoms with Crippen molar-refractivity contribution in [1.82, 2.24) is 0 Å². The fourth-order valence-electron chi connectivity index (χ4n) is 2.09. The summed E-state index contributed by atoms with van der Waals surface area (Å²) in [6.07, 6.45) is 0. The summed E-state index contributed by atoms with van der Waals surface area (Å²) in [6.45, 7) is 4.21. The van der Waals surface area contributed by atoms with Gasteiger partial charge in [0.1, 0.15) is 22.8 Å². The molecule has 0 fully saturated rings. The van der Waals surface area contributed by atoms with E-state index in [1.165, 1.54) is 7.11 Å². The first-order valence-electron chi connectivity index (χ1n) is 6.61. The number of carbonyl (C=O) groups excluding carboxylic acids is 1. The van der Waals surface area contributed by atoms with E-state index < -0.39 is 5.97 Å². The highest BCUT2D eigenvalue weighted by atomic mass is 16.5. The summed E-state index contributed by atoms with van der Waals surface area (Å²) >= 11 is 0. The molecule has 1 N–H and O–H groups in total. The molecular formula is C16H19NO4. The minimum atomic E-state index is -0.393. The topological polar surface area (TPSA) is 60.7 Å². The summed E-state index contributed by atoms with van der Waals surface area (Å²) < 4.78 is 15.6. The van der Waals surface area contributed by atoms with E-state index in [1.54, 1.807) is 20.1 Å². The lowest BCUT2D eigenvalue weighted by atomic mass is 10.2. The van der Waals surface area contributed by atoms with E-state index in [0.717, 1.165) is 17.0 Å². The molecule has 0 spiro atoms. The number of ether oxygens (including phenoxy) is 2. The third-order valence-electron chi connectivity index (χ3n) is 3.18. The summed E-state index contributed by atoms with van der Waals surface area (Å²) in [5, 5.41) is 3.25. The minimum Gasteiger partial charge on any atom is -0.495 e. The predicted molar refractivity (Wildman–Crippen MR) is 79.8 cm³/mol. The minimum absolute atomic E-state index is 0.393. The standard InChI is InChI=1S/C16H19NO4/c1-10-5-6-15(19-3)14(7-10)17-9-12-8-13(11(2)21-12)16(18)20-4/h5-8,17H,9H2,1-4H3. The molecule has 0 saturated carbocycles. The number of methoxy groups -OCH3 is 2. The summed E-state index contributed by atoms with van der Waals surface area (Å²) in [5.41, 5.74) is 2.46. The van der Waals surface area contributed by atoms with Crippen LogP contribution in [0.3, 0.4) is 0 Å². The van der Waals surface area contributed by atoms with Crippen molar-refractivity contribution in [2.75, 3.05) is 19.5 Å². The van der Waals surface area contributed by atoms with E-state index >= 15 is 0 Å². The molecular weight excluding hydrogens is 270 g/mol. The van der Waals surface area contributed by atoms with Gasteiger partial charge in [0.05, 0.1) is 26.5 Å². The van der Waals surface area contributed by atoms with Crippen molar-refractivity contribution in [1.29, 1.82) is 0 Å². The van der Waals surface area contributed by atoms with Crippen LogP contribution in [0.2, 0.25) is 0 Å². The molecule has 5 heteroatoms. The maximum absolute atomic E-state index is 11.5. The molecule has 0 unspecified atom stereocenters. The molecule has 0 saturated heterocycles. The molecule has 0 aliphatic carbocycles. The molecule has 112 valence electrons. The van der Waals surface area contributed by atoms with Crippen LogP contribution >= 0.6 is 0 Å². The quantitative estimate of drug-likeness (QED) is 0.856. The number of rotatable bonds is 5. The smallest absolute Gasteiger partial charge is 0.341 e. The normalized spacial score (nSPS) is 10.3. The van der Waals surface area contributed by atoms with E-state index in [4.69, 9.17) is 13.9 Å². The van der Waals surface area contributed by atoms with Crippen LogP contribution in [0.25, 0.3) is 0 Å². The van der Waals surface area contributed by atoms with Crippen molar-refractivity contribution >= 4 is 11.7 Å². The van der Waals surface area contributed by atoms with E-state index in [1.807, 2.05) is 25.1 Å². The van der Waals surface area contributed by atoms with Crippen molar-refractivity contribution in [2.24, 2.45) is 0 Å².